The summed E-state index contributed by atoms with van der Waals surface area (Å²) in [6, 6.07) is 4.28. The Morgan fingerprint density at radius 2 is 2.12 bits per heavy atom. The van der Waals surface area contributed by atoms with Crippen LogP contribution >= 0.6 is 11.6 Å². The molecule has 8 nitrogen and oxygen atoms in total. The predicted molar refractivity (Wildman–Crippen MR) is 118 cm³/mol. The van der Waals surface area contributed by atoms with E-state index in [9.17, 15) is 14.3 Å². The number of aliphatic hydroxyl groups is 1. The van der Waals surface area contributed by atoms with Crippen molar-refractivity contribution in [2.24, 2.45) is 0 Å². The number of hydrogen-bond donors (Lipinski definition) is 1. The normalized spacial score (nSPS) is 26.7. The molecule has 2 bridgehead atoms. The molecular weight excluding hydrogens is 449 g/mol. The van der Waals surface area contributed by atoms with Gasteiger partial charge in [-0.2, -0.15) is 5.10 Å². The maximum absolute atomic E-state index is 14.1. The average molecular weight is 472 g/mol. The zero-order valence-corrected chi connectivity index (χ0v) is 18.7. The molecule has 1 amide bonds. The van der Waals surface area contributed by atoms with Gasteiger partial charge in [-0.05, 0) is 32.0 Å². The molecule has 2 saturated heterocycles. The SMILES string of the molecule is CN1[C@H]2C[C@H](Oc3cc(F)ccc3C(=O)N3Cc4nn5cc(Cl)cnc5c4C3)C[C@@H]1[C@@H](O)C2. The fourth-order valence-electron chi connectivity index (χ4n) is 5.48. The van der Waals surface area contributed by atoms with Crippen LogP contribution in [-0.2, 0) is 13.1 Å². The molecule has 0 aliphatic carbocycles. The smallest absolute Gasteiger partial charge is 0.258 e. The fraction of sp³-hybridized carbons (Fsp3) is 0.435. The van der Waals surface area contributed by atoms with Crippen LogP contribution < -0.4 is 4.74 Å². The summed E-state index contributed by atoms with van der Waals surface area (Å²) in [6.07, 6.45) is 4.76. The van der Waals surface area contributed by atoms with Crippen molar-refractivity contribution in [3.63, 3.8) is 0 Å². The summed E-state index contributed by atoms with van der Waals surface area (Å²) in [4.78, 5) is 21.6. The molecule has 3 aromatic rings. The number of carbonyl (C=O) groups excluding carboxylic acids is 1. The van der Waals surface area contributed by atoms with E-state index in [0.29, 0.717) is 42.2 Å². The van der Waals surface area contributed by atoms with Crippen LogP contribution in [-0.4, -0.2) is 66.8 Å². The van der Waals surface area contributed by atoms with Gasteiger partial charge in [-0.15, -0.1) is 0 Å². The molecular formula is C23H23ClFN5O3. The highest BCUT2D eigenvalue weighted by Crippen LogP contribution is 2.37. The first-order valence-corrected chi connectivity index (χ1v) is 11.4. The van der Waals surface area contributed by atoms with Crippen LogP contribution in [0.3, 0.4) is 0 Å². The maximum Gasteiger partial charge on any atom is 0.258 e. The molecule has 2 fully saturated rings. The number of halogens is 2. The largest absolute Gasteiger partial charge is 0.489 e. The molecule has 5 heterocycles. The van der Waals surface area contributed by atoms with Gasteiger partial charge in [0.25, 0.3) is 5.91 Å². The van der Waals surface area contributed by atoms with E-state index in [0.717, 1.165) is 17.7 Å². The van der Waals surface area contributed by atoms with Crippen LogP contribution in [0.25, 0.3) is 5.65 Å². The Labute approximate surface area is 194 Å². The van der Waals surface area contributed by atoms with Crippen LogP contribution in [0.1, 0.15) is 40.9 Å². The number of aromatic nitrogens is 3. The molecule has 6 rings (SSSR count). The van der Waals surface area contributed by atoms with Gasteiger partial charge in [0.15, 0.2) is 5.65 Å². The molecule has 10 heteroatoms. The lowest BCUT2D eigenvalue weighted by Crippen LogP contribution is -2.46. The number of nitrogens with zero attached hydrogens (tertiary/aromatic N) is 5. The van der Waals surface area contributed by atoms with Gasteiger partial charge in [-0.1, -0.05) is 11.6 Å². The van der Waals surface area contributed by atoms with Gasteiger partial charge >= 0.3 is 0 Å². The van der Waals surface area contributed by atoms with Gasteiger partial charge in [0.1, 0.15) is 17.7 Å². The number of ether oxygens (including phenoxy) is 1. The molecule has 2 aromatic heterocycles. The molecule has 0 saturated carbocycles. The Kier molecular flexibility index (Phi) is 4.83. The summed E-state index contributed by atoms with van der Waals surface area (Å²) >= 11 is 6.00. The van der Waals surface area contributed by atoms with Crippen LogP contribution in [0.5, 0.6) is 5.75 Å². The van der Waals surface area contributed by atoms with Crippen LogP contribution in [0, 0.1) is 5.82 Å². The highest BCUT2D eigenvalue weighted by molar-refractivity contribution is 6.30. The zero-order valence-electron chi connectivity index (χ0n) is 18.0. The van der Waals surface area contributed by atoms with E-state index in [-0.39, 0.29) is 35.9 Å². The van der Waals surface area contributed by atoms with E-state index < -0.39 is 5.82 Å². The van der Waals surface area contributed by atoms with Gasteiger partial charge in [-0.25, -0.2) is 13.9 Å². The fourth-order valence-corrected chi connectivity index (χ4v) is 5.62. The van der Waals surface area contributed by atoms with E-state index in [1.54, 1.807) is 21.8 Å². The minimum Gasteiger partial charge on any atom is -0.489 e. The Bertz CT molecular complexity index is 1270. The van der Waals surface area contributed by atoms with Gasteiger partial charge in [0.05, 0.1) is 41.7 Å². The second kappa shape index (κ2) is 7.65. The highest BCUT2D eigenvalue weighted by Gasteiger charge is 2.45. The van der Waals surface area contributed by atoms with E-state index in [1.807, 2.05) is 7.05 Å². The molecule has 3 aliphatic rings. The minimum absolute atomic E-state index is 0.0207. The third-order valence-electron chi connectivity index (χ3n) is 7.16. The van der Waals surface area contributed by atoms with E-state index in [4.69, 9.17) is 16.3 Å². The molecule has 4 atom stereocenters. The second-order valence-corrected chi connectivity index (χ2v) is 9.60. The van der Waals surface area contributed by atoms with Crippen molar-refractivity contribution < 1.29 is 19.0 Å². The Balaban J connectivity index is 1.24. The van der Waals surface area contributed by atoms with Crippen LogP contribution in [0.4, 0.5) is 4.39 Å². The minimum atomic E-state index is -0.457. The third-order valence-corrected chi connectivity index (χ3v) is 7.36. The number of amides is 1. The standard InChI is InChI=1S/C23H23ClFN5O3/c1-28-14-5-15(7-19(28)20(31)6-14)33-21-4-13(25)2-3-16(21)23(32)29-10-17-18(11-29)27-30-9-12(24)8-26-22(17)30/h2-4,8-9,14-15,19-20,31H,5-7,10-11H2,1H3/t14-,15-,19+,20-/m0/s1. The van der Waals surface area contributed by atoms with Gasteiger partial charge < -0.3 is 14.7 Å². The van der Waals surface area contributed by atoms with Crippen LogP contribution in [0.2, 0.25) is 5.02 Å². The Hall–Kier alpha value is -2.75. The molecule has 172 valence electrons. The molecule has 1 N–H and O–H groups in total. The van der Waals surface area contributed by atoms with Gasteiger partial charge in [0.2, 0.25) is 0 Å². The summed E-state index contributed by atoms with van der Waals surface area (Å²) in [5.41, 5.74) is 2.64. The summed E-state index contributed by atoms with van der Waals surface area (Å²) in [5.74, 6) is -0.459. The number of fused-ring (bicyclic) bond motifs is 5. The lowest BCUT2D eigenvalue weighted by Gasteiger charge is -2.36. The third kappa shape index (κ3) is 3.46. The molecule has 3 aliphatic heterocycles. The van der Waals surface area contributed by atoms with Crippen molar-refractivity contribution in [2.45, 2.75) is 56.6 Å². The number of aliphatic hydroxyl groups excluding tert-OH is 1. The van der Waals surface area contributed by atoms with Crippen molar-refractivity contribution >= 4 is 23.2 Å². The summed E-state index contributed by atoms with van der Waals surface area (Å²) in [5, 5.41) is 15.3. The van der Waals surface area contributed by atoms with Crippen molar-refractivity contribution in [1.82, 2.24) is 24.4 Å². The number of likely N-dealkylation sites (N-methyl/N-ethyl adjacent to an activating group) is 1. The molecule has 0 unspecified atom stereocenters. The Morgan fingerprint density at radius 3 is 2.94 bits per heavy atom. The molecule has 0 radical (unpaired) electrons. The lowest BCUT2D eigenvalue weighted by molar-refractivity contribution is 0.0392. The monoisotopic (exact) mass is 471 g/mol. The van der Waals surface area contributed by atoms with Crippen LogP contribution in [0.15, 0.2) is 30.6 Å². The zero-order chi connectivity index (χ0) is 22.9. The highest BCUT2D eigenvalue weighted by atomic mass is 35.5. The second-order valence-electron chi connectivity index (χ2n) is 9.17. The summed E-state index contributed by atoms with van der Waals surface area (Å²) < 4.78 is 21.9. The Morgan fingerprint density at radius 1 is 1.27 bits per heavy atom. The van der Waals surface area contributed by atoms with Crippen molar-refractivity contribution in [2.75, 3.05) is 7.05 Å². The number of benzene rings is 1. The molecule has 0 spiro atoms. The summed E-state index contributed by atoms with van der Waals surface area (Å²) in [6.45, 7) is 0.685. The number of piperidine rings is 1. The van der Waals surface area contributed by atoms with Gasteiger partial charge in [-0.3, -0.25) is 9.69 Å². The predicted octanol–water partition coefficient (Wildman–Crippen LogP) is 2.65. The number of carbonyl (C=O) groups is 1. The lowest BCUT2D eigenvalue weighted by atomic mass is 10.00. The van der Waals surface area contributed by atoms with Crippen molar-refractivity contribution in [3.05, 3.63) is 58.3 Å². The van der Waals surface area contributed by atoms with Gasteiger partial charge in [0, 0.05) is 36.3 Å². The number of rotatable bonds is 3. The number of hydrogen-bond acceptors (Lipinski definition) is 6. The molecule has 1 aromatic carbocycles. The van der Waals surface area contributed by atoms with Crippen molar-refractivity contribution in [3.8, 4) is 5.75 Å². The van der Waals surface area contributed by atoms with E-state index in [2.05, 4.69) is 15.0 Å². The summed E-state index contributed by atoms with van der Waals surface area (Å²) in [7, 11) is 2.02. The first kappa shape index (κ1) is 20.8. The topological polar surface area (TPSA) is 83.2 Å². The average Bonchev–Trinajstić information content (AvgIpc) is 3.36. The quantitative estimate of drug-likeness (QED) is 0.632. The van der Waals surface area contributed by atoms with E-state index in [1.165, 1.54) is 18.2 Å². The van der Waals surface area contributed by atoms with Crippen molar-refractivity contribution in [1.29, 1.82) is 0 Å². The molecule has 33 heavy (non-hydrogen) atoms. The first-order valence-electron chi connectivity index (χ1n) is 11.0. The first-order chi connectivity index (χ1) is 15.9. The van der Waals surface area contributed by atoms with E-state index >= 15 is 0 Å². The maximum atomic E-state index is 14.1.